The molecule has 3 N–H and O–H groups in total. The Kier molecular flexibility index (Phi) is 4.17. The largest absolute Gasteiger partial charge is 0.380 e. The maximum absolute atomic E-state index is 5.45. The molecular weight excluding hydrogens is 282 g/mol. The lowest BCUT2D eigenvalue weighted by Gasteiger charge is -2.05. The molecule has 0 unspecified atom stereocenters. The van der Waals surface area contributed by atoms with Crippen molar-refractivity contribution in [3.8, 4) is 0 Å². The van der Waals surface area contributed by atoms with E-state index in [1.54, 1.807) is 6.20 Å². The molecule has 0 radical (unpaired) electrons. The van der Waals surface area contributed by atoms with Crippen molar-refractivity contribution in [1.29, 1.82) is 0 Å². The summed E-state index contributed by atoms with van der Waals surface area (Å²) in [5.41, 5.74) is 7.53. The summed E-state index contributed by atoms with van der Waals surface area (Å²) >= 11 is 3.52. The Balaban J connectivity index is 2.13. The zero-order chi connectivity index (χ0) is 12.1. The van der Waals surface area contributed by atoms with E-state index in [0.717, 1.165) is 15.9 Å². The first-order valence-electron chi connectivity index (χ1n) is 5.42. The Morgan fingerprint density at radius 3 is 2.94 bits per heavy atom. The molecule has 5 heteroatoms. The van der Waals surface area contributed by atoms with E-state index in [1.807, 2.05) is 18.2 Å². The zero-order valence-electron chi connectivity index (χ0n) is 9.32. The monoisotopic (exact) mass is 295 g/mol. The van der Waals surface area contributed by atoms with Gasteiger partial charge in [0.2, 0.25) is 0 Å². The first-order valence-corrected chi connectivity index (χ1v) is 6.21. The van der Waals surface area contributed by atoms with Crippen molar-refractivity contribution in [3.05, 3.63) is 46.3 Å². The van der Waals surface area contributed by atoms with Gasteiger partial charge in [0.1, 0.15) is 0 Å². The van der Waals surface area contributed by atoms with Gasteiger partial charge in [0.25, 0.3) is 0 Å². The van der Waals surface area contributed by atoms with E-state index in [4.69, 9.17) is 10.3 Å². The summed E-state index contributed by atoms with van der Waals surface area (Å²) in [6.07, 6.45) is 2.39. The van der Waals surface area contributed by atoms with Crippen LogP contribution in [0.4, 0.5) is 5.69 Å². The summed E-state index contributed by atoms with van der Waals surface area (Å²) in [6, 6.07) is 8.06. The number of anilines is 1. The van der Waals surface area contributed by atoms with Crippen LogP contribution in [0.15, 0.2) is 39.5 Å². The average molecular weight is 296 g/mol. The molecule has 0 atom stereocenters. The minimum absolute atomic E-state index is 0.583. The molecule has 2 aromatic rings. The molecule has 1 aromatic carbocycles. The van der Waals surface area contributed by atoms with Gasteiger partial charge in [0, 0.05) is 24.0 Å². The maximum atomic E-state index is 5.45. The number of benzene rings is 1. The first-order chi connectivity index (χ1) is 8.31. The predicted octanol–water partition coefficient (Wildman–Crippen LogP) is 2.40. The van der Waals surface area contributed by atoms with Gasteiger partial charge in [-0.1, -0.05) is 39.3 Å². The fourth-order valence-electron chi connectivity index (χ4n) is 1.56. The normalized spacial score (nSPS) is 10.5. The first kappa shape index (κ1) is 12.1. The van der Waals surface area contributed by atoms with Gasteiger partial charge in [0.05, 0.1) is 11.9 Å². The van der Waals surface area contributed by atoms with Crippen molar-refractivity contribution >= 4 is 21.6 Å². The van der Waals surface area contributed by atoms with Crippen molar-refractivity contribution < 1.29 is 4.52 Å². The van der Waals surface area contributed by atoms with Gasteiger partial charge < -0.3 is 15.6 Å². The Morgan fingerprint density at radius 2 is 2.18 bits per heavy atom. The average Bonchev–Trinajstić information content (AvgIpc) is 2.77. The quantitative estimate of drug-likeness (QED) is 0.889. The Morgan fingerprint density at radius 1 is 1.35 bits per heavy atom. The van der Waals surface area contributed by atoms with Crippen molar-refractivity contribution in [2.75, 3.05) is 18.4 Å². The molecule has 4 nitrogen and oxygen atoms in total. The second-order valence-corrected chi connectivity index (χ2v) is 4.50. The molecule has 1 aromatic heterocycles. The minimum atomic E-state index is 0.583. The van der Waals surface area contributed by atoms with Crippen LogP contribution in [0.25, 0.3) is 0 Å². The lowest BCUT2D eigenvalue weighted by molar-refractivity contribution is 0.390. The Hall–Kier alpha value is -1.33. The van der Waals surface area contributed by atoms with Crippen LogP contribution in [0.1, 0.15) is 11.3 Å². The van der Waals surface area contributed by atoms with Crippen LogP contribution in [-0.4, -0.2) is 18.2 Å². The number of halogens is 1. The minimum Gasteiger partial charge on any atom is -0.380 e. The molecule has 0 bridgehead atoms. The zero-order valence-corrected chi connectivity index (χ0v) is 10.9. The second kappa shape index (κ2) is 5.84. The molecule has 0 fully saturated rings. The highest BCUT2D eigenvalue weighted by atomic mass is 79.9. The van der Waals surface area contributed by atoms with Crippen LogP contribution < -0.4 is 11.1 Å². The summed E-state index contributed by atoms with van der Waals surface area (Å²) in [6.45, 7) is 1.30. The molecule has 0 aliphatic rings. The number of nitrogens with two attached hydrogens (primary N) is 1. The highest BCUT2D eigenvalue weighted by Crippen LogP contribution is 2.23. The summed E-state index contributed by atoms with van der Waals surface area (Å²) in [7, 11) is 0. The van der Waals surface area contributed by atoms with Crippen LogP contribution in [0.3, 0.4) is 0 Å². The standard InChI is InChI=1S/C12H14BrN3O/c13-10-4-2-1-3-9(10)7-12-11(8-16-17-12)15-6-5-14/h1-4,8,15H,5-7,14H2. The topological polar surface area (TPSA) is 64.1 Å². The van der Waals surface area contributed by atoms with Crippen LogP contribution in [0, 0.1) is 0 Å². The number of hydrogen-bond donors (Lipinski definition) is 2. The summed E-state index contributed by atoms with van der Waals surface area (Å²) < 4.78 is 6.32. The molecule has 0 amide bonds. The number of hydrogen-bond acceptors (Lipinski definition) is 4. The van der Waals surface area contributed by atoms with Crippen LogP contribution >= 0.6 is 15.9 Å². The van der Waals surface area contributed by atoms with E-state index < -0.39 is 0 Å². The fraction of sp³-hybridized carbons (Fsp3) is 0.250. The third-order valence-corrected chi connectivity index (χ3v) is 3.19. The van der Waals surface area contributed by atoms with E-state index >= 15 is 0 Å². The number of nitrogens with one attached hydrogen (secondary N) is 1. The Labute approximate surface area is 108 Å². The highest BCUT2D eigenvalue weighted by molar-refractivity contribution is 9.10. The molecule has 0 aliphatic carbocycles. The highest BCUT2D eigenvalue weighted by Gasteiger charge is 2.09. The third-order valence-electron chi connectivity index (χ3n) is 2.41. The van der Waals surface area contributed by atoms with E-state index in [1.165, 1.54) is 5.56 Å². The molecular formula is C12H14BrN3O. The lowest BCUT2D eigenvalue weighted by Crippen LogP contribution is -2.13. The van der Waals surface area contributed by atoms with E-state index in [0.29, 0.717) is 19.5 Å². The predicted molar refractivity (Wildman–Crippen MR) is 71.0 cm³/mol. The third kappa shape index (κ3) is 3.08. The van der Waals surface area contributed by atoms with Gasteiger partial charge in [-0.2, -0.15) is 0 Å². The van der Waals surface area contributed by atoms with Gasteiger partial charge in [-0.15, -0.1) is 0 Å². The van der Waals surface area contributed by atoms with Crippen LogP contribution in [-0.2, 0) is 6.42 Å². The molecule has 0 aliphatic heterocycles. The maximum Gasteiger partial charge on any atom is 0.164 e. The van der Waals surface area contributed by atoms with E-state index in [-0.39, 0.29) is 0 Å². The van der Waals surface area contributed by atoms with Crippen molar-refractivity contribution in [2.45, 2.75) is 6.42 Å². The van der Waals surface area contributed by atoms with E-state index in [2.05, 4.69) is 32.5 Å². The SMILES string of the molecule is NCCNc1cnoc1Cc1ccccc1Br. The molecule has 90 valence electrons. The van der Waals surface area contributed by atoms with Crippen LogP contribution in [0.2, 0.25) is 0 Å². The van der Waals surface area contributed by atoms with Crippen molar-refractivity contribution in [2.24, 2.45) is 5.73 Å². The van der Waals surface area contributed by atoms with Gasteiger partial charge in [-0.3, -0.25) is 0 Å². The molecule has 17 heavy (non-hydrogen) atoms. The molecule has 2 rings (SSSR count). The fourth-order valence-corrected chi connectivity index (χ4v) is 1.98. The number of rotatable bonds is 5. The van der Waals surface area contributed by atoms with Gasteiger partial charge >= 0.3 is 0 Å². The molecule has 0 saturated carbocycles. The lowest BCUT2D eigenvalue weighted by atomic mass is 10.1. The van der Waals surface area contributed by atoms with E-state index in [9.17, 15) is 0 Å². The number of aromatic nitrogens is 1. The molecule has 0 saturated heterocycles. The summed E-state index contributed by atoms with van der Waals surface area (Å²) in [5.74, 6) is 0.824. The van der Waals surface area contributed by atoms with Gasteiger partial charge in [-0.05, 0) is 11.6 Å². The Bertz CT molecular complexity index is 484. The smallest absolute Gasteiger partial charge is 0.164 e. The summed E-state index contributed by atoms with van der Waals surface area (Å²) in [4.78, 5) is 0. The molecule has 0 spiro atoms. The van der Waals surface area contributed by atoms with Gasteiger partial charge in [-0.25, -0.2) is 0 Å². The van der Waals surface area contributed by atoms with Crippen molar-refractivity contribution in [1.82, 2.24) is 5.16 Å². The van der Waals surface area contributed by atoms with Crippen LogP contribution in [0.5, 0.6) is 0 Å². The number of nitrogens with zero attached hydrogens (tertiary/aromatic N) is 1. The van der Waals surface area contributed by atoms with Crippen molar-refractivity contribution in [3.63, 3.8) is 0 Å². The summed E-state index contributed by atoms with van der Waals surface area (Å²) in [5, 5.41) is 6.99. The second-order valence-electron chi connectivity index (χ2n) is 3.65. The van der Waals surface area contributed by atoms with Gasteiger partial charge in [0.15, 0.2) is 5.76 Å². The molecule has 1 heterocycles.